The van der Waals surface area contributed by atoms with Crippen LogP contribution in [0.3, 0.4) is 0 Å². The van der Waals surface area contributed by atoms with Crippen molar-refractivity contribution in [3.05, 3.63) is 28.3 Å². The van der Waals surface area contributed by atoms with Gasteiger partial charge in [0.25, 0.3) is 0 Å². The highest BCUT2D eigenvalue weighted by atomic mass is 35.5. The summed E-state index contributed by atoms with van der Waals surface area (Å²) in [6.45, 7) is 7.55. The Labute approximate surface area is 126 Å². The SMILES string of the molecule is CCCN(C(C)C)S(=O)(=O)c1cc(Cl)cc(CO)c1C. The molecule has 1 aromatic rings. The number of aliphatic hydroxyl groups excluding tert-OH is 1. The first-order valence-electron chi connectivity index (χ1n) is 6.67. The maximum Gasteiger partial charge on any atom is 0.243 e. The molecule has 0 aliphatic carbocycles. The molecule has 1 N–H and O–H groups in total. The summed E-state index contributed by atoms with van der Waals surface area (Å²) in [7, 11) is -3.61. The molecule has 0 heterocycles. The van der Waals surface area contributed by atoms with Crippen LogP contribution < -0.4 is 0 Å². The molecule has 1 rings (SSSR count). The molecule has 0 fully saturated rings. The Morgan fingerprint density at radius 1 is 1.35 bits per heavy atom. The van der Waals surface area contributed by atoms with Gasteiger partial charge in [0.15, 0.2) is 0 Å². The highest BCUT2D eigenvalue weighted by Crippen LogP contribution is 2.28. The Hall–Kier alpha value is -0.620. The van der Waals surface area contributed by atoms with Crippen molar-refractivity contribution in [1.29, 1.82) is 0 Å². The van der Waals surface area contributed by atoms with Crippen LogP contribution >= 0.6 is 11.6 Å². The first-order valence-corrected chi connectivity index (χ1v) is 8.49. The van der Waals surface area contributed by atoms with Crippen LogP contribution in [0.5, 0.6) is 0 Å². The molecule has 6 heteroatoms. The van der Waals surface area contributed by atoms with Crippen molar-refractivity contribution in [2.24, 2.45) is 0 Å². The number of aliphatic hydroxyl groups is 1. The van der Waals surface area contributed by atoms with Gasteiger partial charge in [-0.25, -0.2) is 8.42 Å². The number of nitrogens with zero attached hydrogens (tertiary/aromatic N) is 1. The Morgan fingerprint density at radius 3 is 2.40 bits per heavy atom. The average Bonchev–Trinajstić information content (AvgIpc) is 2.37. The fourth-order valence-electron chi connectivity index (χ4n) is 2.14. The second kappa shape index (κ2) is 6.89. The lowest BCUT2D eigenvalue weighted by Crippen LogP contribution is -2.37. The first kappa shape index (κ1) is 17.4. The zero-order valence-corrected chi connectivity index (χ0v) is 13.9. The van der Waals surface area contributed by atoms with E-state index in [2.05, 4.69) is 0 Å². The standard InChI is InChI=1S/C14H22ClNO3S/c1-5-6-16(10(2)3)20(18,19)14-8-13(15)7-12(9-17)11(14)4/h7-8,10,17H,5-6,9H2,1-4H3. The van der Waals surface area contributed by atoms with Gasteiger partial charge in [-0.15, -0.1) is 0 Å². The molecule has 0 bridgehead atoms. The van der Waals surface area contributed by atoms with Crippen molar-refractivity contribution in [2.45, 2.75) is 51.7 Å². The number of hydrogen-bond donors (Lipinski definition) is 1. The molecule has 0 amide bonds. The Bertz CT molecular complexity index is 570. The number of benzene rings is 1. The lowest BCUT2D eigenvalue weighted by molar-refractivity contribution is 0.280. The predicted molar refractivity (Wildman–Crippen MR) is 81.4 cm³/mol. The summed E-state index contributed by atoms with van der Waals surface area (Å²) >= 11 is 5.97. The van der Waals surface area contributed by atoms with Crippen molar-refractivity contribution >= 4 is 21.6 Å². The van der Waals surface area contributed by atoms with Crippen molar-refractivity contribution < 1.29 is 13.5 Å². The van der Waals surface area contributed by atoms with E-state index in [9.17, 15) is 13.5 Å². The maximum absolute atomic E-state index is 12.8. The van der Waals surface area contributed by atoms with Crippen LogP contribution in [0.1, 0.15) is 38.3 Å². The van der Waals surface area contributed by atoms with E-state index in [1.807, 2.05) is 20.8 Å². The maximum atomic E-state index is 12.8. The number of sulfonamides is 1. The molecule has 0 aliphatic heterocycles. The normalized spacial score (nSPS) is 12.4. The number of rotatable bonds is 6. The van der Waals surface area contributed by atoms with E-state index in [0.29, 0.717) is 22.7 Å². The molecule has 4 nitrogen and oxygen atoms in total. The van der Waals surface area contributed by atoms with E-state index >= 15 is 0 Å². The van der Waals surface area contributed by atoms with Crippen LogP contribution in [-0.2, 0) is 16.6 Å². The van der Waals surface area contributed by atoms with Gasteiger partial charge >= 0.3 is 0 Å². The minimum atomic E-state index is -3.61. The summed E-state index contributed by atoms with van der Waals surface area (Å²) in [6.07, 6.45) is 0.740. The fraction of sp³-hybridized carbons (Fsp3) is 0.571. The summed E-state index contributed by atoms with van der Waals surface area (Å²) in [5.41, 5.74) is 1.09. The highest BCUT2D eigenvalue weighted by molar-refractivity contribution is 7.89. The van der Waals surface area contributed by atoms with Gasteiger partial charge in [0.1, 0.15) is 0 Å². The van der Waals surface area contributed by atoms with E-state index < -0.39 is 10.0 Å². The van der Waals surface area contributed by atoms with Gasteiger partial charge in [-0.2, -0.15) is 4.31 Å². The van der Waals surface area contributed by atoms with Gasteiger partial charge in [-0.3, -0.25) is 0 Å². The van der Waals surface area contributed by atoms with Crippen molar-refractivity contribution in [2.75, 3.05) is 6.54 Å². The second-order valence-corrected chi connectivity index (χ2v) is 7.35. The Balaban J connectivity index is 3.45. The highest BCUT2D eigenvalue weighted by Gasteiger charge is 2.28. The van der Waals surface area contributed by atoms with Crippen molar-refractivity contribution in [1.82, 2.24) is 4.31 Å². The molecule has 0 saturated carbocycles. The summed E-state index contributed by atoms with van der Waals surface area (Å²) in [5.74, 6) is 0. The topological polar surface area (TPSA) is 57.6 Å². The Morgan fingerprint density at radius 2 is 1.95 bits per heavy atom. The molecule has 0 atom stereocenters. The monoisotopic (exact) mass is 319 g/mol. The van der Waals surface area contributed by atoms with Gasteiger partial charge in [-0.1, -0.05) is 18.5 Å². The molecule has 1 aromatic carbocycles. The first-order chi connectivity index (χ1) is 9.25. The molecule has 0 unspecified atom stereocenters. The van der Waals surface area contributed by atoms with Crippen LogP contribution in [0.15, 0.2) is 17.0 Å². The van der Waals surface area contributed by atoms with Crippen molar-refractivity contribution in [3.63, 3.8) is 0 Å². The molecule has 20 heavy (non-hydrogen) atoms. The lowest BCUT2D eigenvalue weighted by Gasteiger charge is -2.26. The van der Waals surface area contributed by atoms with Gasteiger partial charge in [-0.05, 0) is 50.5 Å². The lowest BCUT2D eigenvalue weighted by atomic mass is 10.1. The second-order valence-electron chi connectivity index (χ2n) is 5.06. The summed E-state index contributed by atoms with van der Waals surface area (Å²) < 4.78 is 27.0. The summed E-state index contributed by atoms with van der Waals surface area (Å²) in [5, 5.41) is 9.64. The molecule has 0 spiro atoms. The minimum absolute atomic E-state index is 0.129. The summed E-state index contributed by atoms with van der Waals surface area (Å²) in [4.78, 5) is 0.177. The fourth-order valence-corrected chi connectivity index (χ4v) is 4.47. The summed E-state index contributed by atoms with van der Waals surface area (Å²) in [6, 6.07) is 2.92. The van der Waals surface area contributed by atoms with Crippen LogP contribution in [0, 0.1) is 6.92 Å². The minimum Gasteiger partial charge on any atom is -0.392 e. The van der Waals surface area contributed by atoms with E-state index in [-0.39, 0.29) is 17.5 Å². The quantitative estimate of drug-likeness (QED) is 0.877. The van der Waals surface area contributed by atoms with Crippen LogP contribution in [0.4, 0.5) is 0 Å². The number of halogens is 1. The average molecular weight is 320 g/mol. The van der Waals surface area contributed by atoms with Crippen LogP contribution in [0.25, 0.3) is 0 Å². The molecular formula is C14H22ClNO3S. The molecule has 0 aliphatic rings. The van der Waals surface area contributed by atoms with Gasteiger partial charge in [0.05, 0.1) is 11.5 Å². The third-order valence-electron chi connectivity index (χ3n) is 3.21. The van der Waals surface area contributed by atoms with E-state index in [1.54, 1.807) is 13.0 Å². The zero-order valence-electron chi connectivity index (χ0n) is 12.4. The third kappa shape index (κ3) is 3.52. The van der Waals surface area contributed by atoms with Gasteiger partial charge in [0, 0.05) is 17.6 Å². The van der Waals surface area contributed by atoms with Gasteiger partial charge < -0.3 is 5.11 Å². The van der Waals surface area contributed by atoms with Gasteiger partial charge in [0.2, 0.25) is 10.0 Å². The molecule has 114 valence electrons. The molecular weight excluding hydrogens is 298 g/mol. The van der Waals surface area contributed by atoms with Crippen molar-refractivity contribution in [3.8, 4) is 0 Å². The molecule has 0 radical (unpaired) electrons. The Kier molecular flexibility index (Phi) is 6.01. The van der Waals surface area contributed by atoms with Crippen LogP contribution in [0.2, 0.25) is 5.02 Å². The zero-order chi connectivity index (χ0) is 15.5. The smallest absolute Gasteiger partial charge is 0.243 e. The van der Waals surface area contributed by atoms with E-state index in [0.717, 1.165) is 6.42 Å². The number of hydrogen-bond acceptors (Lipinski definition) is 3. The predicted octanol–water partition coefficient (Wildman–Crippen LogP) is 2.95. The van der Waals surface area contributed by atoms with E-state index in [1.165, 1.54) is 10.4 Å². The van der Waals surface area contributed by atoms with E-state index in [4.69, 9.17) is 11.6 Å². The molecule has 0 aromatic heterocycles. The largest absolute Gasteiger partial charge is 0.392 e. The molecule has 0 saturated heterocycles. The third-order valence-corrected chi connectivity index (χ3v) is 5.63. The van der Waals surface area contributed by atoms with Crippen LogP contribution in [-0.4, -0.2) is 30.4 Å².